The van der Waals surface area contributed by atoms with Gasteiger partial charge in [0, 0.05) is 12.3 Å². The highest BCUT2D eigenvalue weighted by atomic mass is 16.3. The molecule has 1 amide bonds. The highest BCUT2D eigenvalue weighted by Crippen LogP contribution is 2.24. The Kier molecular flexibility index (Phi) is 2.25. The van der Waals surface area contributed by atoms with E-state index in [0.29, 0.717) is 11.3 Å². The minimum Gasteiger partial charge on any atom is -0.462 e. The first-order valence-electron chi connectivity index (χ1n) is 4.46. The Morgan fingerprint density at radius 1 is 1.27 bits per heavy atom. The summed E-state index contributed by atoms with van der Waals surface area (Å²) in [5.41, 5.74) is 1.20. The minimum atomic E-state index is -0.637. The van der Waals surface area contributed by atoms with Crippen molar-refractivity contribution < 1.29 is 14.0 Å². The van der Waals surface area contributed by atoms with Gasteiger partial charge in [0.1, 0.15) is 11.8 Å². The molecule has 4 heteroatoms. The quantitative estimate of drug-likeness (QED) is 0.759. The van der Waals surface area contributed by atoms with Gasteiger partial charge in [-0.25, -0.2) is 0 Å². The SMILES string of the molecule is CC(=O)C(=O)Nc1coc2ccccc12. The molecule has 0 bridgehead atoms. The normalized spacial score (nSPS) is 10.2. The van der Waals surface area contributed by atoms with E-state index in [1.165, 1.54) is 13.2 Å². The maximum atomic E-state index is 11.2. The van der Waals surface area contributed by atoms with Crippen LogP contribution in [0.5, 0.6) is 0 Å². The summed E-state index contributed by atoms with van der Waals surface area (Å²) in [6.45, 7) is 1.22. The van der Waals surface area contributed by atoms with Crippen LogP contribution in [-0.4, -0.2) is 11.7 Å². The summed E-state index contributed by atoms with van der Waals surface area (Å²) in [6, 6.07) is 7.27. The van der Waals surface area contributed by atoms with Crippen molar-refractivity contribution in [3.63, 3.8) is 0 Å². The number of ketones is 1. The number of furan rings is 1. The van der Waals surface area contributed by atoms with Crippen molar-refractivity contribution in [1.29, 1.82) is 0 Å². The second kappa shape index (κ2) is 3.57. The molecule has 0 aliphatic heterocycles. The lowest BCUT2D eigenvalue weighted by Gasteiger charge is -1.98. The number of hydrogen-bond donors (Lipinski definition) is 1. The standard InChI is InChI=1S/C11H9NO3/c1-7(13)11(14)12-9-6-15-10-5-3-2-4-8(9)10/h2-6H,1H3,(H,12,14). The molecule has 0 atom stereocenters. The van der Waals surface area contributed by atoms with E-state index in [-0.39, 0.29) is 0 Å². The Hall–Kier alpha value is -2.10. The van der Waals surface area contributed by atoms with Crippen LogP contribution in [0.15, 0.2) is 34.9 Å². The Bertz CT molecular complexity index is 527. The zero-order chi connectivity index (χ0) is 10.8. The Labute approximate surface area is 85.9 Å². The third-order valence-electron chi connectivity index (χ3n) is 2.05. The van der Waals surface area contributed by atoms with Crippen molar-refractivity contribution in [2.45, 2.75) is 6.92 Å². The number of para-hydroxylation sites is 1. The summed E-state index contributed by atoms with van der Waals surface area (Å²) in [4.78, 5) is 21.9. The smallest absolute Gasteiger partial charge is 0.291 e. The molecule has 0 unspecified atom stereocenters. The molecule has 0 spiro atoms. The molecule has 15 heavy (non-hydrogen) atoms. The van der Waals surface area contributed by atoms with Gasteiger partial charge in [-0.2, -0.15) is 0 Å². The average Bonchev–Trinajstić information content (AvgIpc) is 2.62. The predicted molar refractivity (Wildman–Crippen MR) is 55.5 cm³/mol. The van der Waals surface area contributed by atoms with E-state index in [0.717, 1.165) is 5.39 Å². The van der Waals surface area contributed by atoms with Crippen molar-refractivity contribution in [3.8, 4) is 0 Å². The summed E-state index contributed by atoms with van der Waals surface area (Å²) < 4.78 is 5.20. The first-order valence-corrected chi connectivity index (χ1v) is 4.46. The largest absolute Gasteiger partial charge is 0.462 e. The van der Waals surface area contributed by atoms with Crippen LogP contribution in [0, 0.1) is 0 Å². The Morgan fingerprint density at radius 3 is 2.73 bits per heavy atom. The molecule has 0 radical (unpaired) electrons. The summed E-state index contributed by atoms with van der Waals surface area (Å²) in [5.74, 6) is -1.16. The van der Waals surface area contributed by atoms with E-state index < -0.39 is 11.7 Å². The van der Waals surface area contributed by atoms with Crippen LogP contribution in [0.2, 0.25) is 0 Å². The maximum absolute atomic E-state index is 11.2. The molecule has 76 valence electrons. The van der Waals surface area contributed by atoms with Gasteiger partial charge in [-0.15, -0.1) is 0 Å². The van der Waals surface area contributed by atoms with Gasteiger partial charge in [-0.05, 0) is 12.1 Å². The van der Waals surface area contributed by atoms with Gasteiger partial charge in [-0.3, -0.25) is 9.59 Å². The van der Waals surface area contributed by atoms with E-state index in [2.05, 4.69) is 5.32 Å². The molecule has 0 aliphatic carbocycles. The molecule has 4 nitrogen and oxygen atoms in total. The molecule has 0 fully saturated rings. The summed E-state index contributed by atoms with van der Waals surface area (Å²) in [6.07, 6.45) is 1.42. The Balaban J connectivity index is 2.37. The van der Waals surface area contributed by atoms with Gasteiger partial charge in [-0.1, -0.05) is 12.1 Å². The molecule has 2 rings (SSSR count). The molecule has 0 aliphatic rings. The van der Waals surface area contributed by atoms with Gasteiger partial charge in [0.05, 0.1) is 5.69 Å². The molecular formula is C11H9NO3. The van der Waals surface area contributed by atoms with Crippen LogP contribution in [0.25, 0.3) is 11.0 Å². The van der Waals surface area contributed by atoms with Crippen molar-refractivity contribution in [2.75, 3.05) is 5.32 Å². The van der Waals surface area contributed by atoms with E-state index in [1.54, 1.807) is 6.07 Å². The van der Waals surface area contributed by atoms with Gasteiger partial charge in [0.15, 0.2) is 0 Å². The van der Waals surface area contributed by atoms with Crippen LogP contribution in [0.1, 0.15) is 6.92 Å². The number of anilines is 1. The molecule has 1 aromatic heterocycles. The maximum Gasteiger partial charge on any atom is 0.291 e. The zero-order valence-electron chi connectivity index (χ0n) is 8.11. The topological polar surface area (TPSA) is 59.3 Å². The molecule has 1 heterocycles. The zero-order valence-corrected chi connectivity index (χ0v) is 8.11. The fraction of sp³-hybridized carbons (Fsp3) is 0.0909. The van der Waals surface area contributed by atoms with E-state index >= 15 is 0 Å². The number of rotatable bonds is 2. The summed E-state index contributed by atoms with van der Waals surface area (Å²) >= 11 is 0. The lowest BCUT2D eigenvalue weighted by molar-refractivity contribution is -0.133. The fourth-order valence-corrected chi connectivity index (χ4v) is 1.28. The van der Waals surface area contributed by atoms with Crippen LogP contribution in [0.3, 0.4) is 0 Å². The number of benzene rings is 1. The van der Waals surface area contributed by atoms with Gasteiger partial charge >= 0.3 is 0 Å². The number of carbonyl (C=O) groups excluding carboxylic acids is 2. The van der Waals surface area contributed by atoms with E-state index in [4.69, 9.17) is 4.42 Å². The van der Waals surface area contributed by atoms with Crippen LogP contribution >= 0.6 is 0 Å². The predicted octanol–water partition coefficient (Wildman–Crippen LogP) is 1.96. The first kappa shape index (κ1) is 9.45. The lowest BCUT2D eigenvalue weighted by Crippen LogP contribution is -2.19. The number of hydrogen-bond acceptors (Lipinski definition) is 3. The molecule has 1 aromatic carbocycles. The number of amides is 1. The average molecular weight is 203 g/mol. The Morgan fingerprint density at radius 2 is 2.00 bits per heavy atom. The van der Waals surface area contributed by atoms with Gasteiger partial charge < -0.3 is 9.73 Å². The number of Topliss-reactive ketones (excluding diaryl/α,β-unsaturated/α-hetero) is 1. The monoisotopic (exact) mass is 203 g/mol. The molecular weight excluding hydrogens is 194 g/mol. The van der Waals surface area contributed by atoms with Crippen molar-refractivity contribution in [3.05, 3.63) is 30.5 Å². The second-order valence-electron chi connectivity index (χ2n) is 3.16. The van der Waals surface area contributed by atoms with Crippen LogP contribution < -0.4 is 5.32 Å². The third-order valence-corrected chi connectivity index (χ3v) is 2.05. The summed E-state index contributed by atoms with van der Waals surface area (Å²) in [7, 11) is 0. The van der Waals surface area contributed by atoms with Gasteiger partial charge in [0.2, 0.25) is 5.78 Å². The molecule has 1 N–H and O–H groups in total. The fourth-order valence-electron chi connectivity index (χ4n) is 1.28. The van der Waals surface area contributed by atoms with Crippen molar-refractivity contribution in [2.24, 2.45) is 0 Å². The van der Waals surface area contributed by atoms with Crippen LogP contribution in [0.4, 0.5) is 5.69 Å². The van der Waals surface area contributed by atoms with Crippen LogP contribution in [-0.2, 0) is 9.59 Å². The highest BCUT2D eigenvalue weighted by Gasteiger charge is 2.11. The summed E-state index contributed by atoms with van der Waals surface area (Å²) in [5, 5.41) is 3.27. The number of carbonyl (C=O) groups is 2. The van der Waals surface area contributed by atoms with Crippen molar-refractivity contribution >= 4 is 28.3 Å². The molecule has 0 saturated heterocycles. The van der Waals surface area contributed by atoms with E-state index in [9.17, 15) is 9.59 Å². The second-order valence-corrected chi connectivity index (χ2v) is 3.16. The van der Waals surface area contributed by atoms with Gasteiger partial charge in [0.25, 0.3) is 5.91 Å². The van der Waals surface area contributed by atoms with Crippen molar-refractivity contribution in [1.82, 2.24) is 0 Å². The highest BCUT2D eigenvalue weighted by molar-refractivity contribution is 6.40. The van der Waals surface area contributed by atoms with E-state index in [1.807, 2.05) is 18.2 Å². The molecule has 2 aromatic rings. The number of nitrogens with one attached hydrogen (secondary N) is 1. The number of fused-ring (bicyclic) bond motifs is 1. The minimum absolute atomic E-state index is 0.519. The first-order chi connectivity index (χ1) is 7.18. The molecule has 0 saturated carbocycles. The lowest BCUT2D eigenvalue weighted by atomic mass is 10.2. The third kappa shape index (κ3) is 1.74.